The smallest absolute Gasteiger partial charge is 0.266 e. The van der Waals surface area contributed by atoms with Crippen LogP contribution in [0.1, 0.15) is 12.5 Å². The Morgan fingerprint density at radius 3 is 2.83 bits per heavy atom. The summed E-state index contributed by atoms with van der Waals surface area (Å²) >= 11 is 6.59. The van der Waals surface area contributed by atoms with Gasteiger partial charge in [0.05, 0.1) is 4.91 Å². The van der Waals surface area contributed by atoms with Crippen molar-refractivity contribution in [1.82, 2.24) is 4.90 Å². The van der Waals surface area contributed by atoms with Crippen molar-refractivity contribution in [3.63, 3.8) is 0 Å². The highest BCUT2D eigenvalue weighted by Crippen LogP contribution is 2.36. The third-order valence-corrected chi connectivity index (χ3v) is 5.08. The average Bonchev–Trinajstić information content (AvgIpc) is 2.87. The number of ether oxygens (including phenoxy) is 1. The van der Waals surface area contributed by atoms with Gasteiger partial charge >= 0.3 is 0 Å². The van der Waals surface area contributed by atoms with Crippen molar-refractivity contribution >= 4 is 51.1 Å². The molecule has 0 unspecified atom stereocenters. The highest BCUT2D eigenvalue weighted by molar-refractivity contribution is 8.26. The molecule has 0 bridgehead atoms. The first kappa shape index (κ1) is 16.6. The van der Waals surface area contributed by atoms with Gasteiger partial charge in [-0.1, -0.05) is 60.2 Å². The van der Waals surface area contributed by atoms with Crippen LogP contribution >= 0.6 is 24.0 Å². The summed E-state index contributed by atoms with van der Waals surface area (Å²) in [5.74, 6) is 3.07. The van der Waals surface area contributed by atoms with Gasteiger partial charge in [0.2, 0.25) is 0 Å². The summed E-state index contributed by atoms with van der Waals surface area (Å²) in [5, 5.41) is 2.08. The summed E-state index contributed by atoms with van der Waals surface area (Å²) in [6.45, 7) is 2.65. The third-order valence-electron chi connectivity index (χ3n) is 3.71. The Labute approximate surface area is 150 Å². The maximum absolute atomic E-state index is 12.5. The molecular weight excluding hydrogens is 338 g/mol. The second-order valence-electron chi connectivity index (χ2n) is 5.12. The van der Waals surface area contributed by atoms with E-state index in [9.17, 15) is 4.79 Å². The van der Waals surface area contributed by atoms with Gasteiger partial charge in [0.25, 0.3) is 5.91 Å². The molecule has 1 heterocycles. The van der Waals surface area contributed by atoms with Crippen molar-refractivity contribution in [2.75, 3.05) is 13.2 Å². The van der Waals surface area contributed by atoms with Gasteiger partial charge in [-0.3, -0.25) is 9.69 Å². The maximum atomic E-state index is 12.5. The predicted molar refractivity (Wildman–Crippen MR) is 104 cm³/mol. The Kier molecular flexibility index (Phi) is 4.89. The van der Waals surface area contributed by atoms with Crippen molar-refractivity contribution in [3.05, 3.63) is 46.9 Å². The summed E-state index contributed by atoms with van der Waals surface area (Å²) < 4.78 is 6.26. The lowest BCUT2D eigenvalue weighted by atomic mass is 10.0. The van der Waals surface area contributed by atoms with Gasteiger partial charge in [-0.2, -0.15) is 0 Å². The molecule has 1 fully saturated rings. The molecule has 0 radical (unpaired) electrons. The normalized spacial score (nSPS) is 16.0. The van der Waals surface area contributed by atoms with E-state index in [0.29, 0.717) is 21.5 Å². The number of nitrogens with zero attached hydrogens (tertiary/aromatic N) is 1. The average molecular weight is 353 g/mol. The largest absolute Gasteiger partial charge is 0.480 e. The highest BCUT2D eigenvalue weighted by atomic mass is 32.2. The van der Waals surface area contributed by atoms with Gasteiger partial charge in [-0.25, -0.2) is 0 Å². The van der Waals surface area contributed by atoms with Gasteiger partial charge in [0.1, 0.15) is 16.7 Å². The maximum Gasteiger partial charge on any atom is 0.266 e. The van der Waals surface area contributed by atoms with Crippen molar-refractivity contribution < 1.29 is 9.53 Å². The number of hydrogen-bond acceptors (Lipinski definition) is 4. The summed E-state index contributed by atoms with van der Waals surface area (Å²) in [6.07, 6.45) is 7.16. The van der Waals surface area contributed by atoms with E-state index >= 15 is 0 Å². The second-order valence-corrected chi connectivity index (χ2v) is 6.79. The first-order chi connectivity index (χ1) is 11.7. The van der Waals surface area contributed by atoms with Crippen LogP contribution in [0.5, 0.6) is 5.75 Å². The monoisotopic (exact) mass is 353 g/mol. The van der Waals surface area contributed by atoms with Crippen LogP contribution in [0, 0.1) is 12.3 Å². The fraction of sp³-hybridized carbons (Fsp3) is 0.158. The minimum Gasteiger partial charge on any atom is -0.480 e. The van der Waals surface area contributed by atoms with E-state index in [0.717, 1.165) is 16.3 Å². The number of fused-ring (bicyclic) bond motifs is 1. The Morgan fingerprint density at radius 1 is 1.33 bits per heavy atom. The van der Waals surface area contributed by atoms with Crippen molar-refractivity contribution in [3.8, 4) is 18.1 Å². The van der Waals surface area contributed by atoms with E-state index in [1.54, 1.807) is 4.90 Å². The topological polar surface area (TPSA) is 29.5 Å². The third kappa shape index (κ3) is 3.03. The minimum atomic E-state index is -0.0664. The number of benzene rings is 2. The Morgan fingerprint density at radius 2 is 2.12 bits per heavy atom. The van der Waals surface area contributed by atoms with Gasteiger partial charge in [-0.05, 0) is 29.8 Å². The predicted octanol–water partition coefficient (Wildman–Crippen LogP) is 4.07. The van der Waals surface area contributed by atoms with Crippen LogP contribution in [0.4, 0.5) is 0 Å². The first-order valence-corrected chi connectivity index (χ1v) is 8.71. The number of carbonyl (C=O) groups excluding carboxylic acids is 1. The molecule has 1 aliphatic heterocycles. The molecule has 1 aliphatic rings. The zero-order chi connectivity index (χ0) is 17.1. The lowest BCUT2D eigenvalue weighted by Crippen LogP contribution is -2.27. The molecule has 3 rings (SSSR count). The van der Waals surface area contributed by atoms with Crippen LogP contribution < -0.4 is 4.74 Å². The molecule has 2 aromatic rings. The van der Waals surface area contributed by atoms with Crippen LogP contribution in [0.25, 0.3) is 16.8 Å². The number of hydrogen-bond donors (Lipinski definition) is 0. The fourth-order valence-corrected chi connectivity index (χ4v) is 3.94. The first-order valence-electron chi connectivity index (χ1n) is 7.49. The van der Waals surface area contributed by atoms with Crippen LogP contribution in [0.3, 0.4) is 0 Å². The van der Waals surface area contributed by atoms with Crippen LogP contribution in [0.2, 0.25) is 0 Å². The standard InChI is InChI=1S/C19H15NO2S2/c1-3-11-22-16-10-9-13-7-5-6-8-14(13)15(16)12-17-18(21)20(4-2)19(23)24-17/h1,5-10,12H,4,11H2,2H3. The number of carbonyl (C=O) groups is 1. The molecule has 3 nitrogen and oxygen atoms in total. The number of rotatable bonds is 4. The van der Waals surface area contributed by atoms with E-state index in [1.807, 2.05) is 49.4 Å². The lowest BCUT2D eigenvalue weighted by Gasteiger charge is -2.11. The number of terminal acetylenes is 1. The molecule has 5 heteroatoms. The molecule has 0 atom stereocenters. The molecule has 0 N–H and O–H groups in total. The van der Waals surface area contributed by atoms with Crippen LogP contribution in [0.15, 0.2) is 41.3 Å². The van der Waals surface area contributed by atoms with Gasteiger partial charge in [0, 0.05) is 12.1 Å². The Hall–Kier alpha value is -2.29. The van der Waals surface area contributed by atoms with Crippen molar-refractivity contribution in [2.45, 2.75) is 6.92 Å². The summed E-state index contributed by atoms with van der Waals surface area (Å²) in [5.41, 5.74) is 0.847. The van der Waals surface area contributed by atoms with Gasteiger partial charge in [-0.15, -0.1) is 6.42 Å². The molecule has 0 saturated carbocycles. The molecular formula is C19H15NO2S2. The summed E-state index contributed by atoms with van der Waals surface area (Å²) in [6, 6.07) is 11.8. The molecule has 1 amide bonds. The quantitative estimate of drug-likeness (QED) is 0.471. The minimum absolute atomic E-state index is 0.0664. The lowest BCUT2D eigenvalue weighted by molar-refractivity contribution is -0.121. The van der Waals surface area contributed by atoms with Gasteiger partial charge < -0.3 is 4.74 Å². The number of thiocarbonyl (C=S) groups is 1. The van der Waals surface area contributed by atoms with E-state index < -0.39 is 0 Å². The summed E-state index contributed by atoms with van der Waals surface area (Å²) in [4.78, 5) is 14.7. The summed E-state index contributed by atoms with van der Waals surface area (Å²) in [7, 11) is 0. The molecule has 0 spiro atoms. The van der Waals surface area contributed by atoms with Crippen molar-refractivity contribution in [1.29, 1.82) is 0 Å². The van der Waals surface area contributed by atoms with E-state index in [-0.39, 0.29) is 12.5 Å². The van der Waals surface area contributed by atoms with E-state index in [4.69, 9.17) is 23.4 Å². The van der Waals surface area contributed by atoms with E-state index in [2.05, 4.69) is 5.92 Å². The zero-order valence-corrected chi connectivity index (χ0v) is 14.7. The molecule has 120 valence electrons. The SMILES string of the molecule is C#CCOc1ccc2ccccc2c1C=C1SC(=S)N(CC)C1=O. The van der Waals surface area contributed by atoms with Crippen LogP contribution in [-0.4, -0.2) is 28.3 Å². The molecule has 0 aromatic heterocycles. The highest BCUT2D eigenvalue weighted by Gasteiger charge is 2.31. The van der Waals surface area contributed by atoms with Crippen LogP contribution in [-0.2, 0) is 4.79 Å². The molecule has 2 aromatic carbocycles. The number of thioether (sulfide) groups is 1. The Bertz CT molecular complexity index is 896. The fourth-order valence-electron chi connectivity index (χ4n) is 2.57. The molecule has 1 saturated heterocycles. The second kappa shape index (κ2) is 7.08. The van der Waals surface area contributed by atoms with Crippen molar-refractivity contribution in [2.24, 2.45) is 0 Å². The van der Waals surface area contributed by atoms with E-state index in [1.165, 1.54) is 11.8 Å². The zero-order valence-electron chi connectivity index (χ0n) is 13.1. The number of amides is 1. The van der Waals surface area contributed by atoms with Gasteiger partial charge in [0.15, 0.2) is 0 Å². The molecule has 0 aliphatic carbocycles. The Balaban J connectivity index is 2.13. The molecule has 24 heavy (non-hydrogen) atoms. The number of likely N-dealkylation sites (N-methyl/N-ethyl adjacent to an activating group) is 1.